The molecule has 5 atom stereocenters. The van der Waals surface area contributed by atoms with E-state index in [0.717, 1.165) is 55.3 Å². The van der Waals surface area contributed by atoms with Crippen molar-refractivity contribution in [2.45, 2.75) is 25.7 Å². The second-order valence-corrected chi connectivity index (χ2v) is 8.90. The zero-order chi connectivity index (χ0) is 19.3. The van der Waals surface area contributed by atoms with E-state index in [4.69, 9.17) is 0 Å². The van der Waals surface area contributed by atoms with E-state index in [2.05, 4.69) is 40.3 Å². The number of fused-ring (bicyclic) bond motifs is 2. The summed E-state index contributed by atoms with van der Waals surface area (Å²) >= 11 is 0. The molecule has 1 amide bonds. The van der Waals surface area contributed by atoms with E-state index in [1.165, 1.54) is 5.56 Å². The molecule has 2 aliphatic heterocycles. The van der Waals surface area contributed by atoms with Crippen LogP contribution in [0.25, 0.3) is 10.9 Å². The fourth-order valence-electron chi connectivity index (χ4n) is 5.60. The Morgan fingerprint density at radius 2 is 2.11 bits per heavy atom. The minimum absolute atomic E-state index is 0.299. The number of benzene rings is 1. The van der Waals surface area contributed by atoms with Crippen molar-refractivity contribution in [1.82, 2.24) is 15.2 Å². The van der Waals surface area contributed by atoms with Gasteiger partial charge in [0.15, 0.2) is 0 Å². The molecule has 2 saturated heterocycles. The van der Waals surface area contributed by atoms with Crippen LogP contribution in [-0.4, -0.2) is 42.0 Å². The van der Waals surface area contributed by atoms with Gasteiger partial charge in [0, 0.05) is 37.0 Å². The standard InChI is InChI=1S/C23H26N4O/c1-14-7-16(17-5-4-15(9-24)23-18(17)3-2-6-26-23)13-27(12-14)22(28)8-19-20-10-25-11-21(19)20/h2-6,14,16,19-21,25H,7-8,10-13H2,1H3/t14-,16-,19?,20-,21+/m1/s1. The molecule has 5 rings (SSSR count). The number of carbonyl (C=O) groups excluding carboxylic acids is 1. The molecule has 0 radical (unpaired) electrons. The zero-order valence-electron chi connectivity index (χ0n) is 16.3. The van der Waals surface area contributed by atoms with Crippen LogP contribution in [0, 0.1) is 35.0 Å². The third-order valence-electron chi connectivity index (χ3n) is 7.06. The largest absolute Gasteiger partial charge is 0.342 e. The molecule has 1 aromatic heterocycles. The van der Waals surface area contributed by atoms with Crippen LogP contribution in [0.1, 0.15) is 36.8 Å². The molecule has 3 heterocycles. The number of likely N-dealkylation sites (tertiary alicyclic amines) is 1. The predicted octanol–water partition coefficient (Wildman–Crippen LogP) is 2.91. The lowest BCUT2D eigenvalue weighted by atomic mass is 9.83. The van der Waals surface area contributed by atoms with E-state index in [-0.39, 0.29) is 0 Å². The average molecular weight is 374 g/mol. The highest BCUT2D eigenvalue weighted by Crippen LogP contribution is 2.51. The number of carbonyl (C=O) groups is 1. The summed E-state index contributed by atoms with van der Waals surface area (Å²) in [5.74, 6) is 3.17. The van der Waals surface area contributed by atoms with E-state index < -0.39 is 0 Å². The molecule has 1 aliphatic carbocycles. The molecule has 1 saturated carbocycles. The van der Waals surface area contributed by atoms with Gasteiger partial charge in [-0.15, -0.1) is 0 Å². The normalized spacial score (nSPS) is 31.4. The van der Waals surface area contributed by atoms with Crippen LogP contribution in [-0.2, 0) is 4.79 Å². The first-order valence-corrected chi connectivity index (χ1v) is 10.4. The summed E-state index contributed by atoms with van der Waals surface area (Å²) in [7, 11) is 0. The fourth-order valence-corrected chi connectivity index (χ4v) is 5.60. The van der Waals surface area contributed by atoms with E-state index in [9.17, 15) is 10.1 Å². The van der Waals surface area contributed by atoms with Crippen LogP contribution in [0.4, 0.5) is 0 Å². The van der Waals surface area contributed by atoms with Gasteiger partial charge in [-0.25, -0.2) is 0 Å². The monoisotopic (exact) mass is 374 g/mol. The first-order valence-electron chi connectivity index (χ1n) is 10.4. The van der Waals surface area contributed by atoms with Crippen molar-refractivity contribution in [3.8, 4) is 6.07 Å². The molecule has 1 aromatic carbocycles. The number of pyridine rings is 1. The molecule has 3 aliphatic rings. The van der Waals surface area contributed by atoms with Crippen LogP contribution in [0.3, 0.4) is 0 Å². The quantitative estimate of drug-likeness (QED) is 0.897. The van der Waals surface area contributed by atoms with Gasteiger partial charge in [-0.1, -0.05) is 19.1 Å². The summed E-state index contributed by atoms with van der Waals surface area (Å²) in [5, 5.41) is 13.9. The van der Waals surface area contributed by atoms with Crippen molar-refractivity contribution < 1.29 is 4.79 Å². The maximum atomic E-state index is 13.0. The molecule has 1 N–H and O–H groups in total. The molecular weight excluding hydrogens is 348 g/mol. The first kappa shape index (κ1) is 17.6. The molecule has 5 heteroatoms. The van der Waals surface area contributed by atoms with Gasteiger partial charge >= 0.3 is 0 Å². The van der Waals surface area contributed by atoms with Gasteiger partial charge in [0.05, 0.1) is 11.1 Å². The summed E-state index contributed by atoms with van der Waals surface area (Å²) in [5.41, 5.74) is 2.61. The number of hydrogen-bond acceptors (Lipinski definition) is 4. The van der Waals surface area contributed by atoms with Crippen molar-refractivity contribution in [1.29, 1.82) is 5.26 Å². The lowest BCUT2D eigenvalue weighted by Gasteiger charge is -2.37. The molecule has 1 unspecified atom stereocenters. The third kappa shape index (κ3) is 2.97. The van der Waals surface area contributed by atoms with Crippen molar-refractivity contribution in [2.75, 3.05) is 26.2 Å². The number of rotatable bonds is 3. The summed E-state index contributed by atoms with van der Waals surface area (Å²) in [4.78, 5) is 19.6. The second-order valence-electron chi connectivity index (χ2n) is 8.90. The third-order valence-corrected chi connectivity index (χ3v) is 7.06. The van der Waals surface area contributed by atoms with Crippen LogP contribution in [0.15, 0.2) is 30.5 Å². The number of nitrogens with zero attached hydrogens (tertiary/aromatic N) is 3. The van der Waals surface area contributed by atoms with Gasteiger partial charge in [-0.05, 0) is 60.9 Å². The lowest BCUT2D eigenvalue weighted by molar-refractivity contribution is -0.133. The molecule has 0 bridgehead atoms. The Kier molecular flexibility index (Phi) is 4.32. The molecule has 2 aromatic rings. The van der Waals surface area contributed by atoms with Crippen LogP contribution < -0.4 is 5.32 Å². The van der Waals surface area contributed by atoms with Crippen LogP contribution in [0.5, 0.6) is 0 Å². The average Bonchev–Trinajstić information content (AvgIpc) is 3.12. The molecule has 144 valence electrons. The second kappa shape index (κ2) is 6.86. The number of nitriles is 1. The Morgan fingerprint density at radius 3 is 2.89 bits per heavy atom. The molecule has 28 heavy (non-hydrogen) atoms. The summed E-state index contributed by atoms with van der Waals surface area (Å²) in [6.07, 6.45) is 3.53. The maximum Gasteiger partial charge on any atom is 0.222 e. The Morgan fingerprint density at radius 1 is 1.29 bits per heavy atom. The van der Waals surface area contributed by atoms with E-state index in [1.54, 1.807) is 6.20 Å². The van der Waals surface area contributed by atoms with E-state index >= 15 is 0 Å². The summed E-state index contributed by atoms with van der Waals surface area (Å²) in [6.45, 7) is 6.06. The fraction of sp³-hybridized carbons (Fsp3) is 0.522. The van der Waals surface area contributed by atoms with Gasteiger partial charge in [0.1, 0.15) is 6.07 Å². The zero-order valence-corrected chi connectivity index (χ0v) is 16.3. The lowest BCUT2D eigenvalue weighted by Crippen LogP contribution is -2.43. The Bertz CT molecular complexity index is 955. The van der Waals surface area contributed by atoms with Gasteiger partial charge in [-0.2, -0.15) is 5.26 Å². The predicted molar refractivity (Wildman–Crippen MR) is 108 cm³/mol. The van der Waals surface area contributed by atoms with Gasteiger partial charge < -0.3 is 10.2 Å². The molecule has 5 nitrogen and oxygen atoms in total. The van der Waals surface area contributed by atoms with Crippen molar-refractivity contribution in [3.05, 3.63) is 41.6 Å². The SMILES string of the molecule is C[C@@H]1C[C@@H](c2ccc(C#N)c3ncccc23)CN(C(=O)CC2[C@H]3CNC[C@@H]23)C1. The minimum atomic E-state index is 0.299. The van der Waals surface area contributed by atoms with Gasteiger partial charge in [-0.3, -0.25) is 9.78 Å². The number of amides is 1. The van der Waals surface area contributed by atoms with Crippen LogP contribution in [0.2, 0.25) is 0 Å². The summed E-state index contributed by atoms with van der Waals surface area (Å²) < 4.78 is 0. The highest BCUT2D eigenvalue weighted by Gasteiger charge is 2.53. The number of hydrogen-bond donors (Lipinski definition) is 1. The Labute approximate surface area is 165 Å². The van der Waals surface area contributed by atoms with Gasteiger partial charge in [0.2, 0.25) is 5.91 Å². The van der Waals surface area contributed by atoms with Crippen molar-refractivity contribution in [2.24, 2.45) is 23.7 Å². The first-order chi connectivity index (χ1) is 13.7. The van der Waals surface area contributed by atoms with E-state index in [1.807, 2.05) is 12.1 Å². The highest BCUT2D eigenvalue weighted by molar-refractivity contribution is 5.87. The van der Waals surface area contributed by atoms with Crippen molar-refractivity contribution >= 4 is 16.8 Å². The number of nitrogens with one attached hydrogen (secondary N) is 1. The van der Waals surface area contributed by atoms with Crippen molar-refractivity contribution in [3.63, 3.8) is 0 Å². The number of aromatic nitrogens is 1. The van der Waals surface area contributed by atoms with E-state index in [0.29, 0.717) is 35.6 Å². The number of piperidine rings is 2. The Balaban J connectivity index is 1.38. The maximum absolute atomic E-state index is 13.0. The molecular formula is C23H26N4O. The highest BCUT2D eigenvalue weighted by atomic mass is 16.2. The Hall–Kier alpha value is -2.45. The molecule has 0 spiro atoms. The topological polar surface area (TPSA) is 69.0 Å². The smallest absolute Gasteiger partial charge is 0.222 e. The minimum Gasteiger partial charge on any atom is -0.342 e. The molecule has 3 fully saturated rings. The van der Waals surface area contributed by atoms with Crippen LogP contribution >= 0.6 is 0 Å². The van der Waals surface area contributed by atoms with Gasteiger partial charge in [0.25, 0.3) is 0 Å². The summed E-state index contributed by atoms with van der Waals surface area (Å²) in [6, 6.07) is 10.2.